The third kappa shape index (κ3) is 3.31. The van der Waals surface area contributed by atoms with Crippen LogP contribution in [0.5, 0.6) is 0 Å². The zero-order valence-electron chi connectivity index (χ0n) is 10.3. The lowest BCUT2D eigenvalue weighted by molar-refractivity contribution is -0.384. The number of aromatic carboxylic acids is 1. The normalized spacial score (nSPS) is 10.2. The standard InChI is InChI=1S/C12H11N3O5/c16-11(17)10-7-20-12(14-10)13-6-5-8-1-3-9(4-2-8)15(18)19/h1-4,7H,5-6H2,(H,13,14)(H,16,17). The maximum atomic E-state index is 10.6. The smallest absolute Gasteiger partial charge is 0.357 e. The minimum Gasteiger partial charge on any atom is -0.476 e. The van der Waals surface area contributed by atoms with Crippen LogP contribution in [-0.2, 0) is 6.42 Å². The number of hydrogen-bond donors (Lipinski definition) is 2. The molecule has 0 saturated heterocycles. The highest BCUT2D eigenvalue weighted by molar-refractivity contribution is 5.85. The van der Waals surface area contributed by atoms with Gasteiger partial charge in [-0.2, -0.15) is 4.98 Å². The fourth-order valence-corrected chi connectivity index (χ4v) is 1.55. The highest BCUT2D eigenvalue weighted by Gasteiger charge is 2.09. The van der Waals surface area contributed by atoms with Gasteiger partial charge in [0.1, 0.15) is 6.26 Å². The van der Waals surface area contributed by atoms with Crippen molar-refractivity contribution in [2.24, 2.45) is 0 Å². The first-order valence-electron chi connectivity index (χ1n) is 5.72. The van der Waals surface area contributed by atoms with Crippen LogP contribution in [0.15, 0.2) is 34.9 Å². The van der Waals surface area contributed by atoms with Crippen molar-refractivity contribution in [3.05, 3.63) is 51.9 Å². The molecule has 0 aliphatic rings. The van der Waals surface area contributed by atoms with Crippen molar-refractivity contribution in [2.45, 2.75) is 6.42 Å². The molecule has 0 fully saturated rings. The number of oxazole rings is 1. The number of aromatic nitrogens is 1. The van der Waals surface area contributed by atoms with E-state index in [9.17, 15) is 14.9 Å². The molecule has 1 heterocycles. The number of anilines is 1. The molecule has 2 N–H and O–H groups in total. The summed E-state index contributed by atoms with van der Waals surface area (Å²) in [5.74, 6) is -1.16. The second-order valence-electron chi connectivity index (χ2n) is 3.94. The molecule has 0 unspecified atom stereocenters. The molecule has 8 heteroatoms. The molecule has 1 aromatic heterocycles. The van der Waals surface area contributed by atoms with E-state index in [0.29, 0.717) is 13.0 Å². The van der Waals surface area contributed by atoms with Crippen LogP contribution in [-0.4, -0.2) is 27.5 Å². The lowest BCUT2D eigenvalue weighted by atomic mass is 10.1. The van der Waals surface area contributed by atoms with Gasteiger partial charge in [0.2, 0.25) is 0 Å². The number of nitro groups is 1. The van der Waals surface area contributed by atoms with Crippen molar-refractivity contribution in [3.8, 4) is 0 Å². The summed E-state index contributed by atoms with van der Waals surface area (Å²) < 4.78 is 4.92. The largest absolute Gasteiger partial charge is 0.476 e. The number of nitrogens with zero attached hydrogens (tertiary/aromatic N) is 2. The molecule has 104 valence electrons. The number of nitrogens with one attached hydrogen (secondary N) is 1. The Labute approximate surface area is 113 Å². The Morgan fingerprint density at radius 3 is 2.65 bits per heavy atom. The van der Waals surface area contributed by atoms with Crippen LogP contribution in [0.4, 0.5) is 11.7 Å². The summed E-state index contributed by atoms with van der Waals surface area (Å²) in [4.78, 5) is 24.3. The van der Waals surface area contributed by atoms with E-state index in [1.807, 2.05) is 0 Å². The predicted molar refractivity (Wildman–Crippen MR) is 68.8 cm³/mol. The second kappa shape index (κ2) is 5.83. The molecule has 2 aromatic rings. The summed E-state index contributed by atoms with van der Waals surface area (Å²) in [6.07, 6.45) is 1.65. The SMILES string of the molecule is O=C(O)c1coc(NCCc2ccc([N+](=O)[O-])cc2)n1. The van der Waals surface area contributed by atoms with Crippen LogP contribution in [0.2, 0.25) is 0 Å². The quantitative estimate of drug-likeness (QED) is 0.611. The zero-order valence-corrected chi connectivity index (χ0v) is 10.3. The molecule has 0 spiro atoms. The molecule has 2 rings (SSSR count). The highest BCUT2D eigenvalue weighted by atomic mass is 16.6. The van der Waals surface area contributed by atoms with Gasteiger partial charge in [0, 0.05) is 18.7 Å². The summed E-state index contributed by atoms with van der Waals surface area (Å²) in [6.45, 7) is 0.470. The number of benzene rings is 1. The molecule has 0 bridgehead atoms. The number of carbonyl (C=O) groups is 1. The maximum Gasteiger partial charge on any atom is 0.357 e. The van der Waals surface area contributed by atoms with Crippen molar-refractivity contribution in [1.29, 1.82) is 0 Å². The second-order valence-corrected chi connectivity index (χ2v) is 3.94. The fraction of sp³-hybridized carbons (Fsp3) is 0.167. The van der Waals surface area contributed by atoms with Crippen LogP contribution in [0.3, 0.4) is 0 Å². The summed E-state index contributed by atoms with van der Waals surface area (Å²) >= 11 is 0. The molecule has 0 saturated carbocycles. The number of nitro benzene ring substituents is 1. The van der Waals surface area contributed by atoms with Crippen LogP contribution in [0.25, 0.3) is 0 Å². The van der Waals surface area contributed by atoms with Crippen LogP contribution < -0.4 is 5.32 Å². The number of hydrogen-bond acceptors (Lipinski definition) is 6. The molecule has 0 amide bonds. The van der Waals surface area contributed by atoms with Crippen LogP contribution in [0, 0.1) is 10.1 Å². The molecule has 0 aliphatic carbocycles. The third-order valence-electron chi connectivity index (χ3n) is 2.56. The van der Waals surface area contributed by atoms with Gasteiger partial charge in [-0.3, -0.25) is 10.1 Å². The van der Waals surface area contributed by atoms with Crippen LogP contribution in [0.1, 0.15) is 16.1 Å². The zero-order chi connectivity index (χ0) is 14.5. The number of carboxylic acid groups (broad SMARTS) is 1. The Hall–Kier alpha value is -2.90. The summed E-state index contributed by atoms with van der Waals surface area (Å²) in [7, 11) is 0. The van der Waals surface area contributed by atoms with E-state index in [1.165, 1.54) is 12.1 Å². The first-order chi connectivity index (χ1) is 9.56. The van der Waals surface area contributed by atoms with E-state index in [-0.39, 0.29) is 17.4 Å². The first-order valence-corrected chi connectivity index (χ1v) is 5.72. The monoisotopic (exact) mass is 277 g/mol. The van der Waals surface area contributed by atoms with Gasteiger partial charge < -0.3 is 14.8 Å². The first kappa shape index (κ1) is 13.5. The van der Waals surface area contributed by atoms with Gasteiger partial charge in [0.15, 0.2) is 5.69 Å². The van der Waals surface area contributed by atoms with Gasteiger partial charge in [-0.05, 0) is 12.0 Å². The summed E-state index contributed by atoms with van der Waals surface area (Å²) in [6, 6.07) is 6.33. The minimum absolute atomic E-state index is 0.0421. The average Bonchev–Trinajstić information content (AvgIpc) is 2.88. The number of non-ortho nitro benzene ring substituents is 1. The van der Waals surface area contributed by atoms with Crippen LogP contribution >= 0.6 is 0 Å². The van der Waals surface area contributed by atoms with E-state index < -0.39 is 10.9 Å². The number of carboxylic acids is 1. The van der Waals surface area contributed by atoms with E-state index in [2.05, 4.69) is 10.3 Å². The lowest BCUT2D eigenvalue weighted by Gasteiger charge is -2.02. The molecular weight excluding hydrogens is 266 g/mol. The molecule has 1 aromatic carbocycles. The van der Waals surface area contributed by atoms with Crippen molar-refractivity contribution < 1.29 is 19.2 Å². The van der Waals surface area contributed by atoms with Gasteiger partial charge in [-0.25, -0.2) is 4.79 Å². The van der Waals surface area contributed by atoms with E-state index in [4.69, 9.17) is 9.52 Å². The molecular formula is C12H11N3O5. The van der Waals surface area contributed by atoms with E-state index in [0.717, 1.165) is 11.8 Å². The summed E-state index contributed by atoms with van der Waals surface area (Å²) in [5.41, 5.74) is 0.788. The number of rotatable bonds is 6. The fourth-order valence-electron chi connectivity index (χ4n) is 1.55. The van der Waals surface area contributed by atoms with Gasteiger partial charge >= 0.3 is 5.97 Å². The van der Waals surface area contributed by atoms with Crippen molar-refractivity contribution in [1.82, 2.24) is 4.98 Å². The van der Waals surface area contributed by atoms with E-state index >= 15 is 0 Å². The average molecular weight is 277 g/mol. The third-order valence-corrected chi connectivity index (χ3v) is 2.56. The lowest BCUT2D eigenvalue weighted by Crippen LogP contribution is -2.05. The van der Waals surface area contributed by atoms with E-state index in [1.54, 1.807) is 12.1 Å². The Balaban J connectivity index is 1.85. The molecule has 0 radical (unpaired) electrons. The summed E-state index contributed by atoms with van der Waals surface area (Å²) in [5, 5.41) is 22.0. The van der Waals surface area contributed by atoms with Crippen molar-refractivity contribution in [2.75, 3.05) is 11.9 Å². The topological polar surface area (TPSA) is 119 Å². The van der Waals surface area contributed by atoms with Crippen molar-refractivity contribution >= 4 is 17.7 Å². The molecule has 0 atom stereocenters. The van der Waals surface area contributed by atoms with Gasteiger partial charge in [0.25, 0.3) is 11.7 Å². The van der Waals surface area contributed by atoms with Gasteiger partial charge in [-0.1, -0.05) is 12.1 Å². The van der Waals surface area contributed by atoms with Gasteiger partial charge in [-0.15, -0.1) is 0 Å². The molecule has 20 heavy (non-hydrogen) atoms. The van der Waals surface area contributed by atoms with Crippen molar-refractivity contribution in [3.63, 3.8) is 0 Å². The predicted octanol–water partition coefficient (Wildman–Crippen LogP) is 1.94. The maximum absolute atomic E-state index is 10.6. The minimum atomic E-state index is -1.16. The highest BCUT2D eigenvalue weighted by Crippen LogP contribution is 2.13. The molecule has 0 aliphatic heterocycles. The Bertz CT molecular complexity index is 620. The molecule has 8 nitrogen and oxygen atoms in total. The Morgan fingerprint density at radius 2 is 2.10 bits per heavy atom. The van der Waals surface area contributed by atoms with Gasteiger partial charge in [0.05, 0.1) is 4.92 Å². The Kier molecular flexibility index (Phi) is 3.94. The Morgan fingerprint density at radius 1 is 1.40 bits per heavy atom.